The quantitative estimate of drug-likeness (QED) is 0.682. The normalized spacial score (nSPS) is 10.5. The molecule has 62 valence electrons. The highest BCUT2D eigenvalue weighted by molar-refractivity contribution is 5.43. The molecule has 0 aromatic carbocycles. The summed E-state index contributed by atoms with van der Waals surface area (Å²) in [5.74, 6) is 1.57. The van der Waals surface area contributed by atoms with Gasteiger partial charge in [-0.3, -0.25) is 4.40 Å². The lowest BCUT2D eigenvalue weighted by Gasteiger charge is -1.91. The molecular formula is C8H10N4. The predicted octanol–water partition coefficient (Wildman–Crippen LogP) is 1.08. The molecule has 0 saturated carbocycles. The van der Waals surface area contributed by atoms with Crippen LogP contribution in [0.5, 0.6) is 0 Å². The van der Waals surface area contributed by atoms with Gasteiger partial charge in [0.1, 0.15) is 5.82 Å². The van der Waals surface area contributed by atoms with Gasteiger partial charge in [-0.1, -0.05) is 0 Å². The molecule has 0 atom stereocenters. The number of anilines is 1. The van der Waals surface area contributed by atoms with E-state index in [1.165, 1.54) is 0 Å². The van der Waals surface area contributed by atoms with E-state index in [1.807, 2.05) is 37.0 Å². The fourth-order valence-corrected chi connectivity index (χ4v) is 1.11. The summed E-state index contributed by atoms with van der Waals surface area (Å²) in [5, 5.41) is 2.96. The second kappa shape index (κ2) is 2.48. The first-order chi connectivity index (χ1) is 5.79. The van der Waals surface area contributed by atoms with Gasteiger partial charge in [0, 0.05) is 19.4 Å². The molecule has 2 aromatic heterocycles. The average molecular weight is 162 g/mol. The standard InChI is InChI=1S/C8H10N4/c1-6-3-10-8-11-7(9-2)5-12(8)4-6/h3-5,9H,1-2H3. The Morgan fingerprint density at radius 1 is 1.42 bits per heavy atom. The Bertz CT molecular complexity index is 404. The summed E-state index contributed by atoms with van der Waals surface area (Å²) in [7, 11) is 1.84. The number of imidazole rings is 1. The molecule has 2 aromatic rings. The molecule has 0 spiro atoms. The zero-order valence-corrected chi connectivity index (χ0v) is 7.07. The third-order valence-electron chi connectivity index (χ3n) is 1.70. The van der Waals surface area contributed by atoms with Crippen molar-refractivity contribution in [3.63, 3.8) is 0 Å². The molecule has 0 aliphatic carbocycles. The van der Waals surface area contributed by atoms with E-state index in [4.69, 9.17) is 0 Å². The highest BCUT2D eigenvalue weighted by atomic mass is 15.1. The Kier molecular flexibility index (Phi) is 1.46. The summed E-state index contributed by atoms with van der Waals surface area (Å²) in [6.45, 7) is 2.01. The van der Waals surface area contributed by atoms with Crippen molar-refractivity contribution in [2.75, 3.05) is 12.4 Å². The van der Waals surface area contributed by atoms with Crippen LogP contribution in [-0.4, -0.2) is 21.4 Å². The van der Waals surface area contributed by atoms with E-state index in [9.17, 15) is 0 Å². The van der Waals surface area contributed by atoms with Gasteiger partial charge in [0.25, 0.3) is 0 Å². The highest BCUT2D eigenvalue weighted by Gasteiger charge is 1.98. The van der Waals surface area contributed by atoms with Gasteiger partial charge in [0.15, 0.2) is 0 Å². The molecule has 12 heavy (non-hydrogen) atoms. The van der Waals surface area contributed by atoms with Gasteiger partial charge < -0.3 is 5.32 Å². The minimum atomic E-state index is 0.727. The molecule has 4 heteroatoms. The average Bonchev–Trinajstić information content (AvgIpc) is 2.46. The van der Waals surface area contributed by atoms with Crippen LogP contribution < -0.4 is 5.32 Å². The van der Waals surface area contributed by atoms with Crippen LogP contribution in [0.4, 0.5) is 5.82 Å². The van der Waals surface area contributed by atoms with E-state index in [-0.39, 0.29) is 0 Å². The molecule has 0 amide bonds. The largest absolute Gasteiger partial charge is 0.372 e. The van der Waals surface area contributed by atoms with Gasteiger partial charge in [0.05, 0.1) is 6.20 Å². The van der Waals surface area contributed by atoms with Crippen LogP contribution in [0.2, 0.25) is 0 Å². The lowest BCUT2D eigenvalue weighted by Crippen LogP contribution is -1.87. The van der Waals surface area contributed by atoms with Gasteiger partial charge in [-0.25, -0.2) is 4.98 Å². The number of aryl methyl sites for hydroxylation is 1. The van der Waals surface area contributed by atoms with E-state index in [2.05, 4.69) is 15.3 Å². The SMILES string of the molecule is CNc1cn2cc(C)cnc2n1. The molecule has 0 saturated heterocycles. The highest BCUT2D eigenvalue weighted by Crippen LogP contribution is 2.06. The summed E-state index contributed by atoms with van der Waals surface area (Å²) in [4.78, 5) is 8.37. The number of rotatable bonds is 1. The summed E-state index contributed by atoms with van der Waals surface area (Å²) >= 11 is 0. The van der Waals surface area contributed by atoms with E-state index in [1.54, 1.807) is 0 Å². The zero-order valence-electron chi connectivity index (χ0n) is 7.07. The maximum absolute atomic E-state index is 4.21. The molecule has 2 heterocycles. The number of hydrogen-bond donors (Lipinski definition) is 1. The maximum Gasteiger partial charge on any atom is 0.235 e. The molecule has 0 unspecified atom stereocenters. The van der Waals surface area contributed by atoms with E-state index >= 15 is 0 Å². The maximum atomic E-state index is 4.21. The van der Waals surface area contributed by atoms with E-state index in [0.717, 1.165) is 17.2 Å². The predicted molar refractivity (Wildman–Crippen MR) is 47.3 cm³/mol. The van der Waals surface area contributed by atoms with Crippen molar-refractivity contribution < 1.29 is 0 Å². The Balaban J connectivity index is 2.67. The van der Waals surface area contributed by atoms with Crippen LogP contribution in [0.3, 0.4) is 0 Å². The Hall–Kier alpha value is -1.58. The van der Waals surface area contributed by atoms with Crippen molar-refractivity contribution in [3.8, 4) is 0 Å². The van der Waals surface area contributed by atoms with Crippen molar-refractivity contribution in [2.45, 2.75) is 6.92 Å². The molecule has 0 aliphatic rings. The van der Waals surface area contributed by atoms with Crippen molar-refractivity contribution in [1.29, 1.82) is 0 Å². The van der Waals surface area contributed by atoms with Gasteiger partial charge in [0.2, 0.25) is 5.78 Å². The lowest BCUT2D eigenvalue weighted by molar-refractivity contribution is 1.08. The third-order valence-corrected chi connectivity index (χ3v) is 1.70. The van der Waals surface area contributed by atoms with Crippen LogP contribution in [-0.2, 0) is 0 Å². The Morgan fingerprint density at radius 2 is 2.25 bits per heavy atom. The molecule has 0 fully saturated rings. The minimum Gasteiger partial charge on any atom is -0.372 e. The monoisotopic (exact) mass is 162 g/mol. The summed E-state index contributed by atoms with van der Waals surface area (Å²) < 4.78 is 1.90. The fourth-order valence-electron chi connectivity index (χ4n) is 1.11. The van der Waals surface area contributed by atoms with Crippen LogP contribution in [0.1, 0.15) is 5.56 Å². The summed E-state index contributed by atoms with van der Waals surface area (Å²) in [6, 6.07) is 0. The van der Waals surface area contributed by atoms with Crippen LogP contribution in [0, 0.1) is 6.92 Å². The number of hydrogen-bond acceptors (Lipinski definition) is 3. The smallest absolute Gasteiger partial charge is 0.235 e. The third kappa shape index (κ3) is 1.01. The van der Waals surface area contributed by atoms with Crippen molar-refractivity contribution in [1.82, 2.24) is 14.4 Å². The number of nitrogens with one attached hydrogen (secondary N) is 1. The lowest BCUT2D eigenvalue weighted by atomic mass is 10.4. The molecule has 0 radical (unpaired) electrons. The van der Waals surface area contributed by atoms with E-state index in [0.29, 0.717) is 0 Å². The van der Waals surface area contributed by atoms with Gasteiger partial charge >= 0.3 is 0 Å². The molecule has 0 aliphatic heterocycles. The first-order valence-electron chi connectivity index (χ1n) is 3.79. The molecule has 0 bridgehead atoms. The molecule has 1 N–H and O–H groups in total. The first kappa shape index (κ1) is 7.09. The Morgan fingerprint density at radius 3 is 3.00 bits per heavy atom. The van der Waals surface area contributed by atoms with Crippen LogP contribution in [0.25, 0.3) is 5.78 Å². The van der Waals surface area contributed by atoms with Gasteiger partial charge in [-0.2, -0.15) is 4.98 Å². The van der Waals surface area contributed by atoms with Gasteiger partial charge in [-0.15, -0.1) is 0 Å². The van der Waals surface area contributed by atoms with Gasteiger partial charge in [-0.05, 0) is 12.5 Å². The molecule has 4 nitrogen and oxygen atoms in total. The molecular weight excluding hydrogens is 152 g/mol. The Labute approximate surface area is 70.3 Å². The van der Waals surface area contributed by atoms with Crippen molar-refractivity contribution in [3.05, 3.63) is 24.2 Å². The van der Waals surface area contributed by atoms with Crippen LogP contribution >= 0.6 is 0 Å². The minimum absolute atomic E-state index is 0.727. The second-order valence-corrected chi connectivity index (χ2v) is 2.71. The topological polar surface area (TPSA) is 42.2 Å². The zero-order chi connectivity index (χ0) is 8.55. The fraction of sp³-hybridized carbons (Fsp3) is 0.250. The molecule has 2 rings (SSSR count). The van der Waals surface area contributed by atoms with Crippen molar-refractivity contribution in [2.24, 2.45) is 0 Å². The number of fused-ring (bicyclic) bond motifs is 1. The second-order valence-electron chi connectivity index (χ2n) is 2.71. The summed E-state index contributed by atoms with van der Waals surface area (Å²) in [5.41, 5.74) is 1.13. The first-order valence-corrected chi connectivity index (χ1v) is 3.79. The number of nitrogens with zero attached hydrogens (tertiary/aromatic N) is 3. The number of aromatic nitrogens is 3. The summed E-state index contributed by atoms with van der Waals surface area (Å²) in [6.07, 6.45) is 5.72. The van der Waals surface area contributed by atoms with Crippen molar-refractivity contribution >= 4 is 11.6 Å². The van der Waals surface area contributed by atoms with E-state index < -0.39 is 0 Å². The van der Waals surface area contributed by atoms with Crippen LogP contribution in [0.15, 0.2) is 18.6 Å².